The largest absolute Gasteiger partial charge is 0.463 e. The first-order valence-corrected chi connectivity index (χ1v) is 12.6. The van der Waals surface area contributed by atoms with Gasteiger partial charge in [0, 0.05) is 12.2 Å². The molecule has 30 heavy (non-hydrogen) atoms. The van der Waals surface area contributed by atoms with Crippen molar-refractivity contribution in [2.75, 3.05) is 13.2 Å². The van der Waals surface area contributed by atoms with Crippen LogP contribution >= 0.6 is 0 Å². The fourth-order valence-electron chi connectivity index (χ4n) is 6.61. The Hall–Kier alpha value is -1.32. The minimum atomic E-state index is -0.448. The van der Waals surface area contributed by atoms with Crippen LogP contribution in [0.4, 0.5) is 0 Å². The summed E-state index contributed by atoms with van der Waals surface area (Å²) in [6, 6.07) is 0. The lowest BCUT2D eigenvalue weighted by Gasteiger charge is -2.57. The summed E-state index contributed by atoms with van der Waals surface area (Å²) in [6.45, 7) is 3.13. The average molecular weight is 419 g/mol. The summed E-state index contributed by atoms with van der Waals surface area (Å²) >= 11 is 0. The number of rotatable bonds is 14. The molecule has 4 rings (SSSR count). The smallest absolute Gasteiger partial charge is 0.331 e. The number of ether oxygens (including phenoxy) is 2. The Kier molecular flexibility index (Phi) is 9.27. The molecule has 170 valence electrons. The second-order valence-corrected chi connectivity index (χ2v) is 10.3. The maximum Gasteiger partial charge on any atom is 0.331 e. The average Bonchev–Trinajstić information content (AvgIpc) is 2.70. The highest BCUT2D eigenvalue weighted by molar-refractivity contribution is 5.91. The summed E-state index contributed by atoms with van der Waals surface area (Å²) in [5, 5.41) is 0. The minimum Gasteiger partial charge on any atom is -0.463 e. The topological polar surface area (TPSA) is 52.6 Å². The van der Waals surface area contributed by atoms with Crippen LogP contribution in [0.5, 0.6) is 0 Å². The van der Waals surface area contributed by atoms with Gasteiger partial charge < -0.3 is 9.47 Å². The van der Waals surface area contributed by atoms with E-state index >= 15 is 0 Å². The van der Waals surface area contributed by atoms with Crippen LogP contribution in [-0.4, -0.2) is 25.2 Å². The molecule has 0 radical (unpaired) electrons. The van der Waals surface area contributed by atoms with E-state index in [1.54, 1.807) is 0 Å². The molecule has 4 heteroatoms. The number of hydrogen-bond donors (Lipinski definition) is 0. The Balaban J connectivity index is 1.21. The predicted molar refractivity (Wildman–Crippen MR) is 119 cm³/mol. The van der Waals surface area contributed by atoms with Crippen molar-refractivity contribution >= 4 is 11.9 Å². The molecule has 0 N–H and O–H groups in total. The third-order valence-corrected chi connectivity index (χ3v) is 7.64. The Morgan fingerprint density at radius 1 is 0.733 bits per heavy atom. The van der Waals surface area contributed by atoms with Crippen LogP contribution in [0, 0.1) is 23.2 Å². The predicted octanol–water partition coefficient (Wildman–Crippen LogP) is 6.38. The summed E-state index contributed by atoms with van der Waals surface area (Å²) in [6.07, 6.45) is 21.4. The summed E-state index contributed by atoms with van der Waals surface area (Å²) < 4.78 is 10.6. The van der Waals surface area contributed by atoms with E-state index < -0.39 is 11.9 Å². The van der Waals surface area contributed by atoms with Gasteiger partial charge in [-0.3, -0.25) is 0 Å². The monoisotopic (exact) mass is 418 g/mol. The van der Waals surface area contributed by atoms with Crippen molar-refractivity contribution in [1.29, 1.82) is 0 Å². The number of esters is 2. The van der Waals surface area contributed by atoms with Gasteiger partial charge in [0.2, 0.25) is 0 Å². The Bertz CT molecular complexity index is 544. The third kappa shape index (κ3) is 7.42. The normalized spacial score (nSPS) is 29.4. The molecule has 0 unspecified atom stereocenters. The van der Waals surface area contributed by atoms with Gasteiger partial charge in [-0.15, -0.1) is 0 Å². The van der Waals surface area contributed by atoms with E-state index in [1.807, 2.05) is 0 Å². The third-order valence-electron chi connectivity index (χ3n) is 7.64. The van der Waals surface area contributed by atoms with Gasteiger partial charge in [0.05, 0.1) is 13.2 Å². The van der Waals surface area contributed by atoms with Crippen molar-refractivity contribution in [3.05, 3.63) is 12.2 Å². The van der Waals surface area contributed by atoms with Crippen molar-refractivity contribution < 1.29 is 19.1 Å². The van der Waals surface area contributed by atoms with Crippen molar-refractivity contribution in [3.8, 4) is 0 Å². The van der Waals surface area contributed by atoms with E-state index in [9.17, 15) is 9.59 Å². The molecular weight excluding hydrogens is 376 g/mol. The minimum absolute atomic E-state index is 0.424. The van der Waals surface area contributed by atoms with Crippen LogP contribution < -0.4 is 0 Å². The molecule has 0 saturated heterocycles. The van der Waals surface area contributed by atoms with Crippen LogP contribution in [0.2, 0.25) is 0 Å². The standard InChI is InChI=1S/C26H42O4/c1-2-3-4-5-6-7-8-9-13-29-24(27)10-11-25(28)30-14-12-26-18-21-15-22(19-26)17-23(16-21)20-26/h10-11,21-23H,2-9,12-20H2,1H3/b11-10+. The Labute approximate surface area is 183 Å². The molecular formula is C26H42O4. The molecule has 0 spiro atoms. The molecule has 0 atom stereocenters. The van der Waals surface area contributed by atoms with Crippen LogP contribution in [0.1, 0.15) is 103 Å². The Morgan fingerprint density at radius 3 is 1.73 bits per heavy atom. The van der Waals surface area contributed by atoms with Gasteiger partial charge in [0.1, 0.15) is 0 Å². The summed E-state index contributed by atoms with van der Waals surface area (Å²) in [7, 11) is 0. The molecule has 4 aliphatic rings. The lowest BCUT2D eigenvalue weighted by Crippen LogP contribution is -2.46. The molecule has 0 aromatic heterocycles. The molecule has 4 saturated carbocycles. The van der Waals surface area contributed by atoms with Crippen LogP contribution in [0.25, 0.3) is 0 Å². The zero-order valence-corrected chi connectivity index (χ0v) is 19.0. The maximum absolute atomic E-state index is 11.9. The van der Waals surface area contributed by atoms with Gasteiger partial charge >= 0.3 is 11.9 Å². The Morgan fingerprint density at radius 2 is 1.20 bits per heavy atom. The van der Waals surface area contributed by atoms with Crippen LogP contribution in [-0.2, 0) is 19.1 Å². The molecule has 0 aromatic carbocycles. The summed E-state index contributed by atoms with van der Waals surface area (Å²) in [4.78, 5) is 23.7. The number of hydrogen-bond acceptors (Lipinski definition) is 4. The fraction of sp³-hybridized carbons (Fsp3) is 0.846. The molecule has 0 amide bonds. The van der Waals surface area contributed by atoms with Crippen LogP contribution in [0.15, 0.2) is 12.2 Å². The molecule has 0 aromatic rings. The van der Waals surface area contributed by atoms with Crippen molar-refractivity contribution in [1.82, 2.24) is 0 Å². The SMILES string of the molecule is CCCCCCCCCCOC(=O)/C=C/C(=O)OCCC12CC3CC(CC(C3)C1)C2. The van der Waals surface area contributed by atoms with Gasteiger partial charge in [-0.05, 0) is 74.5 Å². The van der Waals surface area contributed by atoms with Gasteiger partial charge in [-0.2, -0.15) is 0 Å². The molecule has 0 aliphatic heterocycles. The van der Waals surface area contributed by atoms with Gasteiger partial charge in [-0.25, -0.2) is 9.59 Å². The van der Waals surface area contributed by atoms with E-state index in [-0.39, 0.29) is 0 Å². The zero-order chi connectivity index (χ0) is 21.2. The highest BCUT2D eigenvalue weighted by Crippen LogP contribution is 2.61. The van der Waals surface area contributed by atoms with E-state index in [4.69, 9.17) is 9.47 Å². The quantitative estimate of drug-likeness (QED) is 0.187. The van der Waals surface area contributed by atoms with E-state index in [2.05, 4.69) is 6.92 Å². The zero-order valence-electron chi connectivity index (χ0n) is 19.0. The van der Waals surface area contributed by atoms with E-state index in [1.165, 1.54) is 89.2 Å². The molecule has 4 nitrogen and oxygen atoms in total. The van der Waals surface area contributed by atoms with Crippen molar-refractivity contribution in [2.24, 2.45) is 23.2 Å². The summed E-state index contributed by atoms with van der Waals surface area (Å²) in [5.74, 6) is 1.88. The first kappa shape index (κ1) is 23.3. The molecule has 0 heterocycles. The first-order chi connectivity index (χ1) is 14.6. The van der Waals surface area contributed by atoms with E-state index in [0.29, 0.717) is 18.6 Å². The summed E-state index contributed by atoms with van der Waals surface area (Å²) in [5.41, 5.74) is 0.424. The van der Waals surface area contributed by atoms with Crippen LogP contribution in [0.3, 0.4) is 0 Å². The molecule has 4 fully saturated rings. The number of carbonyl (C=O) groups is 2. The van der Waals surface area contributed by atoms with Crippen molar-refractivity contribution in [2.45, 2.75) is 103 Å². The number of unbranched alkanes of at least 4 members (excludes halogenated alkanes) is 7. The second kappa shape index (κ2) is 11.9. The fourth-order valence-corrected chi connectivity index (χ4v) is 6.61. The van der Waals surface area contributed by atoms with E-state index in [0.717, 1.165) is 37.0 Å². The molecule has 4 bridgehead atoms. The van der Waals surface area contributed by atoms with Gasteiger partial charge in [0.25, 0.3) is 0 Å². The first-order valence-electron chi connectivity index (χ1n) is 12.6. The second-order valence-electron chi connectivity index (χ2n) is 10.3. The number of carbonyl (C=O) groups excluding carboxylic acids is 2. The molecule has 4 aliphatic carbocycles. The lowest BCUT2D eigenvalue weighted by molar-refractivity contribution is -0.142. The highest BCUT2D eigenvalue weighted by Gasteiger charge is 2.50. The lowest BCUT2D eigenvalue weighted by atomic mass is 9.49. The van der Waals surface area contributed by atoms with Gasteiger partial charge in [-0.1, -0.05) is 51.9 Å². The van der Waals surface area contributed by atoms with Crippen molar-refractivity contribution in [3.63, 3.8) is 0 Å². The maximum atomic E-state index is 11.9. The van der Waals surface area contributed by atoms with Gasteiger partial charge in [0.15, 0.2) is 0 Å². The highest BCUT2D eigenvalue weighted by atomic mass is 16.5.